The predicted molar refractivity (Wildman–Crippen MR) is 93.0 cm³/mol. The standard InChI is InChI=1S/C19H20N2O3/c20-11-9-19(21)14-1-3-15(4-2-14)23-16-5-7-17(8-6-16)24-18-10-12-22-13-18/h1-9,11,18,21H,10,12-13,20H2/t18-/m1/s1. The molecule has 0 unspecified atom stereocenters. The van der Waals surface area contributed by atoms with Gasteiger partial charge < -0.3 is 25.4 Å². The molecule has 0 aromatic heterocycles. The van der Waals surface area contributed by atoms with Gasteiger partial charge in [0.05, 0.1) is 18.9 Å². The van der Waals surface area contributed by atoms with Crippen molar-refractivity contribution in [1.82, 2.24) is 0 Å². The van der Waals surface area contributed by atoms with Gasteiger partial charge in [-0.05, 0) is 66.4 Å². The number of hydrogen-bond acceptors (Lipinski definition) is 5. The Bertz CT molecular complexity index is 702. The summed E-state index contributed by atoms with van der Waals surface area (Å²) in [5.41, 5.74) is 6.45. The molecule has 1 aliphatic heterocycles. The fraction of sp³-hybridized carbons (Fsp3) is 0.211. The van der Waals surface area contributed by atoms with Crippen molar-refractivity contribution in [3.63, 3.8) is 0 Å². The summed E-state index contributed by atoms with van der Waals surface area (Å²) in [7, 11) is 0. The largest absolute Gasteiger partial charge is 0.488 e. The van der Waals surface area contributed by atoms with Gasteiger partial charge in [0, 0.05) is 6.42 Å². The van der Waals surface area contributed by atoms with Crippen LogP contribution in [0, 0.1) is 5.41 Å². The molecule has 5 nitrogen and oxygen atoms in total. The Morgan fingerprint density at radius 2 is 1.67 bits per heavy atom. The van der Waals surface area contributed by atoms with E-state index in [-0.39, 0.29) is 6.10 Å². The van der Waals surface area contributed by atoms with Crippen molar-refractivity contribution in [2.24, 2.45) is 5.73 Å². The molecule has 1 aliphatic rings. The quantitative estimate of drug-likeness (QED) is 0.797. The number of allylic oxidation sites excluding steroid dienone is 1. The van der Waals surface area contributed by atoms with Crippen LogP contribution in [0.5, 0.6) is 17.2 Å². The summed E-state index contributed by atoms with van der Waals surface area (Å²) >= 11 is 0. The lowest BCUT2D eigenvalue weighted by atomic mass is 10.1. The summed E-state index contributed by atoms with van der Waals surface area (Å²) in [6, 6.07) is 14.8. The Morgan fingerprint density at radius 1 is 1.04 bits per heavy atom. The molecule has 2 aromatic rings. The van der Waals surface area contributed by atoms with E-state index in [1.165, 1.54) is 6.20 Å². The molecule has 0 aliphatic carbocycles. The minimum atomic E-state index is 0.141. The van der Waals surface area contributed by atoms with Crippen molar-refractivity contribution in [2.75, 3.05) is 13.2 Å². The molecule has 124 valence electrons. The molecular weight excluding hydrogens is 304 g/mol. The summed E-state index contributed by atoms with van der Waals surface area (Å²) in [5.74, 6) is 2.26. The van der Waals surface area contributed by atoms with Gasteiger partial charge >= 0.3 is 0 Å². The van der Waals surface area contributed by atoms with E-state index >= 15 is 0 Å². The summed E-state index contributed by atoms with van der Waals surface area (Å²) in [4.78, 5) is 0. The van der Waals surface area contributed by atoms with Crippen molar-refractivity contribution in [3.05, 3.63) is 66.4 Å². The molecule has 1 atom stereocenters. The average Bonchev–Trinajstić information content (AvgIpc) is 3.10. The Labute approximate surface area is 141 Å². The van der Waals surface area contributed by atoms with Gasteiger partial charge in [-0.15, -0.1) is 0 Å². The number of rotatable bonds is 6. The van der Waals surface area contributed by atoms with Gasteiger partial charge in [0.1, 0.15) is 23.4 Å². The maximum absolute atomic E-state index is 7.81. The number of hydrogen-bond donors (Lipinski definition) is 2. The summed E-state index contributed by atoms with van der Waals surface area (Å²) in [5, 5.41) is 7.81. The fourth-order valence-corrected chi connectivity index (χ4v) is 2.42. The summed E-state index contributed by atoms with van der Waals surface area (Å²) < 4.78 is 16.9. The van der Waals surface area contributed by atoms with E-state index in [4.69, 9.17) is 25.4 Å². The highest BCUT2D eigenvalue weighted by Gasteiger charge is 2.16. The van der Waals surface area contributed by atoms with Crippen LogP contribution in [0.3, 0.4) is 0 Å². The zero-order valence-corrected chi connectivity index (χ0v) is 13.3. The van der Waals surface area contributed by atoms with Crippen molar-refractivity contribution < 1.29 is 14.2 Å². The fourth-order valence-electron chi connectivity index (χ4n) is 2.42. The highest BCUT2D eigenvalue weighted by molar-refractivity contribution is 6.06. The first kappa shape index (κ1) is 16.1. The van der Waals surface area contributed by atoms with Gasteiger partial charge in [-0.3, -0.25) is 0 Å². The minimum Gasteiger partial charge on any atom is -0.488 e. The molecule has 24 heavy (non-hydrogen) atoms. The number of ether oxygens (including phenoxy) is 3. The normalized spacial score (nSPS) is 17.1. The summed E-state index contributed by atoms with van der Waals surface area (Å²) in [6.07, 6.45) is 3.97. The second-order valence-corrected chi connectivity index (χ2v) is 5.47. The predicted octanol–water partition coefficient (Wildman–Crippen LogP) is 3.49. The average molecular weight is 324 g/mol. The van der Waals surface area contributed by atoms with Gasteiger partial charge in [-0.25, -0.2) is 0 Å². The molecule has 0 bridgehead atoms. The molecule has 3 N–H and O–H groups in total. The third-order valence-corrected chi connectivity index (χ3v) is 3.68. The highest BCUT2D eigenvalue weighted by Crippen LogP contribution is 2.25. The van der Waals surface area contributed by atoms with E-state index in [0.29, 0.717) is 18.1 Å². The molecular formula is C19H20N2O3. The lowest BCUT2D eigenvalue weighted by Crippen LogP contribution is -2.15. The van der Waals surface area contributed by atoms with E-state index in [9.17, 15) is 0 Å². The van der Waals surface area contributed by atoms with Crippen LogP contribution in [0.25, 0.3) is 0 Å². The van der Waals surface area contributed by atoms with Crippen LogP contribution >= 0.6 is 0 Å². The topological polar surface area (TPSA) is 77.6 Å². The van der Waals surface area contributed by atoms with E-state index in [2.05, 4.69) is 0 Å². The smallest absolute Gasteiger partial charge is 0.127 e. The van der Waals surface area contributed by atoms with Crippen molar-refractivity contribution >= 4 is 5.71 Å². The second-order valence-electron chi connectivity index (χ2n) is 5.47. The molecule has 0 spiro atoms. The maximum atomic E-state index is 7.81. The zero-order chi connectivity index (χ0) is 16.8. The van der Waals surface area contributed by atoms with Crippen LogP contribution in [0.1, 0.15) is 12.0 Å². The van der Waals surface area contributed by atoms with Crippen LogP contribution in [-0.2, 0) is 4.74 Å². The molecule has 0 radical (unpaired) electrons. The van der Waals surface area contributed by atoms with Crippen LogP contribution in [0.2, 0.25) is 0 Å². The minimum absolute atomic E-state index is 0.141. The van der Waals surface area contributed by atoms with Crippen molar-refractivity contribution in [2.45, 2.75) is 12.5 Å². The van der Waals surface area contributed by atoms with Gasteiger partial charge in [-0.1, -0.05) is 0 Å². The van der Waals surface area contributed by atoms with E-state index < -0.39 is 0 Å². The number of benzene rings is 2. The zero-order valence-electron chi connectivity index (χ0n) is 13.3. The number of nitrogens with two attached hydrogens (primary N) is 1. The molecule has 0 amide bonds. The number of nitrogens with one attached hydrogen (secondary N) is 1. The molecule has 1 heterocycles. The first-order valence-electron chi connectivity index (χ1n) is 7.84. The van der Waals surface area contributed by atoms with E-state index in [1.54, 1.807) is 6.08 Å². The third-order valence-electron chi connectivity index (χ3n) is 3.68. The highest BCUT2D eigenvalue weighted by atomic mass is 16.5. The van der Waals surface area contributed by atoms with Crippen LogP contribution in [-0.4, -0.2) is 25.0 Å². The molecule has 2 aromatic carbocycles. The summed E-state index contributed by atoms with van der Waals surface area (Å²) in [6.45, 7) is 1.42. The monoisotopic (exact) mass is 324 g/mol. The molecule has 1 saturated heterocycles. The van der Waals surface area contributed by atoms with Gasteiger partial charge in [0.2, 0.25) is 0 Å². The maximum Gasteiger partial charge on any atom is 0.127 e. The van der Waals surface area contributed by atoms with Crippen LogP contribution in [0.4, 0.5) is 0 Å². The Morgan fingerprint density at radius 3 is 2.25 bits per heavy atom. The molecule has 3 rings (SSSR count). The molecule has 5 heteroatoms. The van der Waals surface area contributed by atoms with Crippen LogP contribution < -0.4 is 15.2 Å². The Kier molecular flexibility index (Phi) is 5.13. The van der Waals surface area contributed by atoms with Gasteiger partial charge in [0.15, 0.2) is 0 Å². The van der Waals surface area contributed by atoms with Gasteiger partial charge in [-0.2, -0.15) is 0 Å². The Hall–Kier alpha value is -2.79. The van der Waals surface area contributed by atoms with Crippen molar-refractivity contribution in [3.8, 4) is 17.2 Å². The molecule has 0 saturated carbocycles. The first-order valence-corrected chi connectivity index (χ1v) is 7.84. The van der Waals surface area contributed by atoms with Gasteiger partial charge in [0.25, 0.3) is 0 Å². The van der Waals surface area contributed by atoms with Crippen LogP contribution in [0.15, 0.2) is 60.8 Å². The lowest BCUT2D eigenvalue weighted by molar-refractivity contribution is 0.141. The van der Waals surface area contributed by atoms with E-state index in [1.807, 2.05) is 48.5 Å². The second kappa shape index (κ2) is 7.66. The Balaban J connectivity index is 1.60. The third kappa shape index (κ3) is 4.14. The first-order chi connectivity index (χ1) is 11.7. The lowest BCUT2D eigenvalue weighted by Gasteiger charge is -2.12. The SMILES string of the molecule is N=C(C=CN)c1ccc(Oc2ccc(O[C@@H]3CCOC3)cc2)cc1. The van der Waals surface area contributed by atoms with E-state index in [0.717, 1.165) is 30.1 Å². The molecule has 1 fully saturated rings. The van der Waals surface area contributed by atoms with Crippen molar-refractivity contribution in [1.29, 1.82) is 5.41 Å².